The van der Waals surface area contributed by atoms with Crippen LogP contribution in [-0.2, 0) is 7.05 Å². The molecule has 0 aliphatic carbocycles. The second-order valence-corrected chi connectivity index (χ2v) is 5.01. The lowest BCUT2D eigenvalue weighted by Gasteiger charge is -2.17. The molecule has 5 heteroatoms. The maximum absolute atomic E-state index is 5.78. The Balaban J connectivity index is 2.31. The fraction of sp³-hybridized carbons (Fsp3) is 0.286. The van der Waals surface area contributed by atoms with Crippen LogP contribution in [0.2, 0.25) is 0 Å². The van der Waals surface area contributed by atoms with E-state index in [1.54, 1.807) is 4.68 Å². The number of benzene rings is 1. The molecule has 4 nitrogen and oxygen atoms in total. The number of nitrogens with zero attached hydrogens (tertiary/aromatic N) is 2. The van der Waals surface area contributed by atoms with Crippen molar-refractivity contribution < 1.29 is 0 Å². The van der Waals surface area contributed by atoms with Gasteiger partial charge in [0.15, 0.2) is 0 Å². The molecule has 0 bridgehead atoms. The van der Waals surface area contributed by atoms with E-state index in [0.717, 1.165) is 17.1 Å². The molecule has 1 aromatic heterocycles. The average Bonchev–Trinajstić information content (AvgIpc) is 2.65. The molecule has 0 spiro atoms. The molecule has 1 aromatic carbocycles. The molecule has 0 fully saturated rings. The maximum atomic E-state index is 5.78. The molecular weight excluding hydrogens is 256 g/mol. The zero-order valence-corrected chi connectivity index (χ0v) is 12.2. The number of thiocarbonyl (C=S) groups is 1. The van der Waals surface area contributed by atoms with Gasteiger partial charge in [0.25, 0.3) is 0 Å². The van der Waals surface area contributed by atoms with Gasteiger partial charge in [-0.05, 0) is 19.4 Å². The first-order valence-electron chi connectivity index (χ1n) is 6.15. The van der Waals surface area contributed by atoms with Crippen LogP contribution in [-0.4, -0.2) is 14.8 Å². The van der Waals surface area contributed by atoms with Gasteiger partial charge in [0.05, 0.1) is 11.3 Å². The van der Waals surface area contributed by atoms with Crippen LogP contribution in [0.3, 0.4) is 0 Å². The second kappa shape index (κ2) is 5.40. The summed E-state index contributed by atoms with van der Waals surface area (Å²) >= 11 is 5.10. The molecule has 2 rings (SSSR count). The maximum Gasteiger partial charge on any atom is 0.135 e. The van der Waals surface area contributed by atoms with E-state index in [9.17, 15) is 0 Å². The summed E-state index contributed by atoms with van der Waals surface area (Å²) in [7, 11) is 1.88. The van der Waals surface area contributed by atoms with E-state index < -0.39 is 0 Å². The summed E-state index contributed by atoms with van der Waals surface area (Å²) in [5.74, 6) is 0.862. The van der Waals surface area contributed by atoms with Crippen LogP contribution in [0, 0.1) is 6.92 Å². The Morgan fingerprint density at radius 1 is 1.37 bits per heavy atom. The molecule has 0 amide bonds. The van der Waals surface area contributed by atoms with Gasteiger partial charge < -0.3 is 11.1 Å². The molecule has 2 aromatic rings. The van der Waals surface area contributed by atoms with Crippen molar-refractivity contribution in [2.75, 3.05) is 5.32 Å². The smallest absolute Gasteiger partial charge is 0.135 e. The monoisotopic (exact) mass is 274 g/mol. The highest BCUT2D eigenvalue weighted by atomic mass is 32.1. The van der Waals surface area contributed by atoms with Gasteiger partial charge in [-0.3, -0.25) is 4.68 Å². The Labute approximate surface area is 118 Å². The fourth-order valence-electron chi connectivity index (χ4n) is 2.15. The van der Waals surface area contributed by atoms with E-state index in [1.165, 1.54) is 5.56 Å². The highest BCUT2D eigenvalue weighted by Crippen LogP contribution is 2.24. The first kappa shape index (κ1) is 13.5. The Morgan fingerprint density at radius 2 is 2.00 bits per heavy atom. The molecule has 1 unspecified atom stereocenters. The number of rotatable bonds is 4. The predicted molar refractivity (Wildman–Crippen MR) is 82.3 cm³/mol. The summed E-state index contributed by atoms with van der Waals surface area (Å²) in [4.78, 5) is 0.369. The van der Waals surface area contributed by atoms with Crippen LogP contribution in [0.1, 0.15) is 29.8 Å². The van der Waals surface area contributed by atoms with Crippen LogP contribution < -0.4 is 11.1 Å². The molecule has 100 valence electrons. The molecule has 0 saturated heterocycles. The average molecular weight is 274 g/mol. The van der Waals surface area contributed by atoms with Gasteiger partial charge in [-0.25, -0.2) is 0 Å². The van der Waals surface area contributed by atoms with Gasteiger partial charge in [-0.1, -0.05) is 42.5 Å². The zero-order chi connectivity index (χ0) is 14.0. The summed E-state index contributed by atoms with van der Waals surface area (Å²) < 4.78 is 1.78. The first-order chi connectivity index (χ1) is 9.00. The standard InChI is InChI=1S/C14H18N4S/c1-9(11-7-5-4-6-8-11)16-14-12(13(15)19)10(2)17-18(14)3/h4-9,16H,1-3H3,(H2,15,19). The molecule has 0 aliphatic rings. The van der Waals surface area contributed by atoms with Gasteiger partial charge in [-0.2, -0.15) is 5.10 Å². The van der Waals surface area contributed by atoms with Crippen LogP contribution in [0.25, 0.3) is 0 Å². The summed E-state index contributed by atoms with van der Waals surface area (Å²) in [5.41, 5.74) is 8.65. The number of hydrogen-bond donors (Lipinski definition) is 2. The van der Waals surface area contributed by atoms with Crippen molar-refractivity contribution in [3.05, 3.63) is 47.2 Å². The molecule has 0 radical (unpaired) electrons. The van der Waals surface area contributed by atoms with Crippen molar-refractivity contribution in [3.63, 3.8) is 0 Å². The number of aryl methyl sites for hydroxylation is 2. The topological polar surface area (TPSA) is 55.9 Å². The fourth-order valence-corrected chi connectivity index (χ4v) is 2.39. The Bertz CT molecular complexity index is 589. The highest BCUT2D eigenvalue weighted by Gasteiger charge is 2.17. The molecule has 19 heavy (non-hydrogen) atoms. The quantitative estimate of drug-likeness (QED) is 0.841. The van der Waals surface area contributed by atoms with Crippen molar-refractivity contribution in [3.8, 4) is 0 Å². The van der Waals surface area contributed by atoms with Crippen LogP contribution in [0.5, 0.6) is 0 Å². The third-order valence-corrected chi connectivity index (χ3v) is 3.33. The van der Waals surface area contributed by atoms with E-state index in [-0.39, 0.29) is 6.04 Å². The van der Waals surface area contributed by atoms with Crippen molar-refractivity contribution in [1.82, 2.24) is 9.78 Å². The number of nitrogens with two attached hydrogens (primary N) is 1. The Kier molecular flexibility index (Phi) is 3.85. The minimum absolute atomic E-state index is 0.157. The van der Waals surface area contributed by atoms with Crippen molar-refractivity contribution in [2.45, 2.75) is 19.9 Å². The largest absolute Gasteiger partial charge is 0.389 e. The van der Waals surface area contributed by atoms with Gasteiger partial charge in [0.2, 0.25) is 0 Å². The number of hydrogen-bond acceptors (Lipinski definition) is 3. The normalized spacial score (nSPS) is 12.2. The Hall–Kier alpha value is -1.88. The lowest BCUT2D eigenvalue weighted by molar-refractivity contribution is 0.742. The zero-order valence-electron chi connectivity index (χ0n) is 11.3. The van der Waals surface area contributed by atoms with E-state index >= 15 is 0 Å². The summed E-state index contributed by atoms with van der Waals surface area (Å²) in [6, 6.07) is 10.4. The Morgan fingerprint density at radius 3 is 2.58 bits per heavy atom. The van der Waals surface area contributed by atoms with E-state index in [4.69, 9.17) is 18.0 Å². The van der Waals surface area contributed by atoms with Crippen molar-refractivity contribution in [2.24, 2.45) is 12.8 Å². The second-order valence-electron chi connectivity index (χ2n) is 4.57. The summed E-state index contributed by atoms with van der Waals surface area (Å²) in [5, 5.41) is 7.80. The van der Waals surface area contributed by atoms with Crippen LogP contribution >= 0.6 is 12.2 Å². The van der Waals surface area contributed by atoms with Gasteiger partial charge in [-0.15, -0.1) is 0 Å². The van der Waals surface area contributed by atoms with Gasteiger partial charge in [0, 0.05) is 13.1 Å². The third kappa shape index (κ3) is 2.76. The van der Waals surface area contributed by atoms with E-state index in [2.05, 4.69) is 29.5 Å². The third-order valence-electron chi connectivity index (χ3n) is 3.12. The minimum atomic E-state index is 0.157. The van der Waals surface area contributed by atoms with Crippen molar-refractivity contribution in [1.29, 1.82) is 0 Å². The number of aromatic nitrogens is 2. The minimum Gasteiger partial charge on any atom is -0.389 e. The molecule has 0 aliphatic heterocycles. The molecule has 0 saturated carbocycles. The SMILES string of the molecule is Cc1nn(C)c(NC(C)c2ccccc2)c1C(N)=S. The number of anilines is 1. The summed E-state index contributed by atoms with van der Waals surface area (Å²) in [6.45, 7) is 4.01. The van der Waals surface area contributed by atoms with Crippen molar-refractivity contribution >= 4 is 23.0 Å². The lowest BCUT2D eigenvalue weighted by Crippen LogP contribution is -2.16. The molecule has 1 atom stereocenters. The van der Waals surface area contributed by atoms with Gasteiger partial charge >= 0.3 is 0 Å². The molecule has 1 heterocycles. The first-order valence-corrected chi connectivity index (χ1v) is 6.56. The van der Waals surface area contributed by atoms with Crippen LogP contribution in [0.15, 0.2) is 30.3 Å². The summed E-state index contributed by atoms with van der Waals surface area (Å²) in [6.07, 6.45) is 0. The highest BCUT2D eigenvalue weighted by molar-refractivity contribution is 7.80. The van der Waals surface area contributed by atoms with E-state index in [0.29, 0.717) is 4.99 Å². The number of nitrogens with one attached hydrogen (secondary N) is 1. The van der Waals surface area contributed by atoms with Crippen LogP contribution in [0.4, 0.5) is 5.82 Å². The molecule has 3 N–H and O–H groups in total. The van der Waals surface area contributed by atoms with Gasteiger partial charge in [0.1, 0.15) is 10.8 Å². The predicted octanol–water partition coefficient (Wildman–Crippen LogP) is 2.54. The molecular formula is C14H18N4S. The lowest BCUT2D eigenvalue weighted by atomic mass is 10.1. The van der Waals surface area contributed by atoms with E-state index in [1.807, 2.05) is 32.2 Å².